The summed E-state index contributed by atoms with van der Waals surface area (Å²) >= 11 is 0. The van der Waals surface area contributed by atoms with Crippen LogP contribution in [0.1, 0.15) is 26.7 Å². The highest BCUT2D eigenvalue weighted by Gasteiger charge is 2.39. The molecule has 2 aromatic heterocycles. The number of pyridine rings is 1. The van der Waals surface area contributed by atoms with Gasteiger partial charge in [-0.3, -0.25) is 9.78 Å². The highest BCUT2D eigenvalue weighted by molar-refractivity contribution is 5.83. The van der Waals surface area contributed by atoms with Crippen LogP contribution in [-0.2, 0) is 0 Å². The average molecular weight is 435 g/mol. The first-order chi connectivity index (χ1) is 15.4. The van der Waals surface area contributed by atoms with Crippen LogP contribution in [0.5, 0.6) is 0 Å². The average Bonchev–Trinajstić information content (AvgIpc) is 2.72. The van der Waals surface area contributed by atoms with E-state index in [1.165, 1.54) is 0 Å². The van der Waals surface area contributed by atoms with Gasteiger partial charge < -0.3 is 20.6 Å². The van der Waals surface area contributed by atoms with E-state index in [9.17, 15) is 9.90 Å². The number of nitrogens with one attached hydrogen (secondary N) is 3. The van der Waals surface area contributed by atoms with Crippen molar-refractivity contribution >= 4 is 22.7 Å². The number of aromatic amines is 1. The van der Waals surface area contributed by atoms with Gasteiger partial charge in [-0.05, 0) is 45.4 Å². The smallest absolute Gasteiger partial charge is 0.263 e. The zero-order valence-corrected chi connectivity index (χ0v) is 18.6. The molecule has 4 N–H and O–H groups in total. The molecule has 1 aromatic carbocycles. The summed E-state index contributed by atoms with van der Waals surface area (Å²) in [5, 5.41) is 18.2. The number of hydrogen-bond acceptors (Lipinski definition) is 7. The van der Waals surface area contributed by atoms with Gasteiger partial charge in [-0.2, -0.15) is 4.98 Å². The maximum Gasteiger partial charge on any atom is 0.263 e. The quantitative estimate of drug-likeness (QED) is 0.488. The Hall–Kier alpha value is -2.97. The third-order valence-corrected chi connectivity index (χ3v) is 6.58. The van der Waals surface area contributed by atoms with Crippen LogP contribution in [0.2, 0.25) is 0 Å². The summed E-state index contributed by atoms with van der Waals surface area (Å²) in [6.45, 7) is 6.80. The van der Waals surface area contributed by atoms with Gasteiger partial charge in [0.25, 0.3) is 5.56 Å². The van der Waals surface area contributed by atoms with Gasteiger partial charge in [-0.1, -0.05) is 24.3 Å². The van der Waals surface area contributed by atoms with Gasteiger partial charge in [0.05, 0.1) is 16.8 Å². The maximum atomic E-state index is 13.3. The molecule has 5 rings (SSSR count). The van der Waals surface area contributed by atoms with E-state index in [1.54, 1.807) is 0 Å². The lowest BCUT2D eigenvalue weighted by Crippen LogP contribution is -2.56. The molecule has 2 aliphatic heterocycles. The van der Waals surface area contributed by atoms with Crippen molar-refractivity contribution in [3.8, 4) is 11.3 Å². The monoisotopic (exact) mass is 434 g/mol. The summed E-state index contributed by atoms with van der Waals surface area (Å²) in [7, 11) is 0. The van der Waals surface area contributed by atoms with Gasteiger partial charge in [0.2, 0.25) is 5.95 Å². The molecule has 0 spiro atoms. The van der Waals surface area contributed by atoms with Crippen LogP contribution >= 0.6 is 0 Å². The topological polar surface area (TPSA) is 106 Å². The normalized spacial score (nSPS) is 19.7. The molecular formula is C24H30N6O2. The minimum atomic E-state index is -0.749. The lowest BCUT2D eigenvalue weighted by molar-refractivity contribution is 0.00416. The number of hydrogen-bond donors (Lipinski definition) is 4. The zero-order valence-electron chi connectivity index (χ0n) is 18.6. The fourth-order valence-corrected chi connectivity index (χ4v) is 4.43. The number of rotatable bonds is 5. The number of benzene rings is 1. The molecule has 2 aliphatic rings. The molecule has 1 unspecified atom stereocenters. The Kier molecular flexibility index (Phi) is 5.35. The van der Waals surface area contributed by atoms with Crippen LogP contribution in [0.15, 0.2) is 41.2 Å². The van der Waals surface area contributed by atoms with Crippen molar-refractivity contribution in [1.29, 1.82) is 0 Å². The Morgan fingerprint density at radius 1 is 1.16 bits per heavy atom. The summed E-state index contributed by atoms with van der Waals surface area (Å²) < 4.78 is 0. The van der Waals surface area contributed by atoms with Gasteiger partial charge in [-0.15, -0.1) is 0 Å². The fourth-order valence-electron chi connectivity index (χ4n) is 4.43. The molecule has 1 atom stereocenters. The van der Waals surface area contributed by atoms with Gasteiger partial charge in [-0.25, -0.2) is 4.98 Å². The summed E-state index contributed by atoms with van der Waals surface area (Å²) in [6.07, 6.45) is 2.10. The fraction of sp³-hybridized carbons (Fsp3) is 0.458. The maximum absolute atomic E-state index is 13.3. The Balaban J connectivity index is 1.53. The first kappa shape index (κ1) is 20.9. The second kappa shape index (κ2) is 8.18. The third-order valence-electron chi connectivity index (χ3n) is 6.58. The Bertz CT molecular complexity index is 1170. The molecule has 0 bridgehead atoms. The number of H-pyrrole nitrogens is 1. The number of anilines is 2. The molecule has 0 aliphatic carbocycles. The van der Waals surface area contributed by atoms with Crippen molar-refractivity contribution in [2.75, 3.05) is 36.4 Å². The minimum absolute atomic E-state index is 0.147. The van der Waals surface area contributed by atoms with Crippen molar-refractivity contribution in [3.05, 3.63) is 46.8 Å². The second-order valence-electron chi connectivity index (χ2n) is 9.45. The minimum Gasteiger partial charge on any atom is -0.390 e. The number of fused-ring (bicyclic) bond motifs is 1. The molecular weight excluding hydrogens is 404 g/mol. The van der Waals surface area contributed by atoms with Crippen molar-refractivity contribution < 1.29 is 5.11 Å². The van der Waals surface area contributed by atoms with Gasteiger partial charge in [0, 0.05) is 37.0 Å². The second-order valence-corrected chi connectivity index (χ2v) is 9.45. The Morgan fingerprint density at radius 3 is 2.72 bits per heavy atom. The summed E-state index contributed by atoms with van der Waals surface area (Å²) in [5.74, 6) is 1.24. The molecule has 32 heavy (non-hydrogen) atoms. The van der Waals surface area contributed by atoms with Crippen LogP contribution in [0.25, 0.3) is 22.2 Å². The molecule has 2 saturated heterocycles. The van der Waals surface area contributed by atoms with E-state index >= 15 is 0 Å². The van der Waals surface area contributed by atoms with Crippen LogP contribution in [-0.4, -0.2) is 57.9 Å². The number of piperidine rings is 1. The standard InChI is InChI=1S/C24H30N6O2/c1-24(2,32)16-13-30(14-16)23-28-21(26-17-7-5-11-25-12-17)20(22(31)29-23)19-10-9-15-6-3-4-8-18(15)27-19/h3-4,6,8-10,16-17,25,32H,5,7,11-14H2,1-2H3,(H2,26,28,29,31). The van der Waals surface area contributed by atoms with E-state index < -0.39 is 5.60 Å². The largest absolute Gasteiger partial charge is 0.390 e. The summed E-state index contributed by atoms with van der Waals surface area (Å²) in [6, 6.07) is 11.9. The van der Waals surface area contributed by atoms with Crippen molar-refractivity contribution in [2.45, 2.75) is 38.3 Å². The van der Waals surface area contributed by atoms with Crippen molar-refractivity contribution in [2.24, 2.45) is 5.92 Å². The molecule has 2 fully saturated rings. The van der Waals surface area contributed by atoms with Gasteiger partial charge in [0.15, 0.2) is 0 Å². The predicted octanol–water partition coefficient (Wildman–Crippen LogP) is 2.36. The third kappa shape index (κ3) is 4.08. The first-order valence-corrected chi connectivity index (χ1v) is 11.3. The molecule has 0 radical (unpaired) electrons. The van der Waals surface area contributed by atoms with Crippen LogP contribution < -0.4 is 21.1 Å². The van der Waals surface area contributed by atoms with Crippen LogP contribution in [0.3, 0.4) is 0 Å². The number of nitrogens with zero attached hydrogens (tertiary/aromatic N) is 3. The van der Waals surface area contributed by atoms with Crippen LogP contribution in [0.4, 0.5) is 11.8 Å². The molecule has 0 saturated carbocycles. The van der Waals surface area contributed by atoms with Crippen molar-refractivity contribution in [1.82, 2.24) is 20.3 Å². The van der Waals surface area contributed by atoms with E-state index in [4.69, 9.17) is 9.97 Å². The Morgan fingerprint density at radius 2 is 1.97 bits per heavy atom. The summed E-state index contributed by atoms with van der Waals surface area (Å²) in [4.78, 5) is 27.8. The highest BCUT2D eigenvalue weighted by atomic mass is 16.3. The number of para-hydroxylation sites is 1. The molecule has 8 heteroatoms. The van der Waals surface area contributed by atoms with E-state index in [-0.39, 0.29) is 17.5 Å². The van der Waals surface area contributed by atoms with Crippen molar-refractivity contribution in [3.63, 3.8) is 0 Å². The lowest BCUT2D eigenvalue weighted by Gasteiger charge is -2.45. The number of aliphatic hydroxyl groups is 1. The SMILES string of the molecule is CC(C)(O)C1CN(c2nc(NC3CCCNC3)c(-c3ccc4ccccc4n3)c(=O)[nH]2)C1. The van der Waals surface area contributed by atoms with E-state index in [2.05, 4.69) is 15.6 Å². The summed E-state index contributed by atoms with van der Waals surface area (Å²) in [5.41, 5.74) is 0.948. The van der Waals surface area contributed by atoms with Crippen LogP contribution in [0, 0.1) is 5.92 Å². The molecule has 4 heterocycles. The first-order valence-electron chi connectivity index (χ1n) is 11.3. The number of aromatic nitrogens is 3. The molecule has 0 amide bonds. The zero-order chi connectivity index (χ0) is 22.3. The highest BCUT2D eigenvalue weighted by Crippen LogP contribution is 2.31. The van der Waals surface area contributed by atoms with E-state index in [0.29, 0.717) is 36.1 Å². The van der Waals surface area contributed by atoms with Gasteiger partial charge in [0.1, 0.15) is 11.4 Å². The lowest BCUT2D eigenvalue weighted by atomic mass is 9.85. The molecule has 168 valence electrons. The van der Waals surface area contributed by atoms with Gasteiger partial charge >= 0.3 is 0 Å². The molecule has 3 aromatic rings. The Labute approximate surface area is 187 Å². The van der Waals surface area contributed by atoms with E-state index in [0.717, 1.165) is 36.8 Å². The molecule has 8 nitrogen and oxygen atoms in total. The van der Waals surface area contributed by atoms with E-state index in [1.807, 2.05) is 55.1 Å². The predicted molar refractivity (Wildman–Crippen MR) is 127 cm³/mol.